The highest BCUT2D eigenvalue weighted by Crippen LogP contribution is 2.34. The van der Waals surface area contributed by atoms with Crippen molar-refractivity contribution in [2.75, 3.05) is 31.9 Å². The van der Waals surface area contributed by atoms with Gasteiger partial charge >= 0.3 is 0 Å². The Bertz CT molecular complexity index is 1080. The second-order valence-corrected chi connectivity index (χ2v) is 7.02. The number of fused-ring (bicyclic) bond motifs is 6. The van der Waals surface area contributed by atoms with Crippen LogP contribution in [0.3, 0.4) is 0 Å². The van der Waals surface area contributed by atoms with E-state index in [-0.39, 0.29) is 24.7 Å². The summed E-state index contributed by atoms with van der Waals surface area (Å²) >= 11 is 0. The molecular weight excluding hydrogens is 420 g/mol. The third-order valence-electron chi connectivity index (χ3n) is 4.64. The number of pyridine rings is 2. The van der Waals surface area contributed by atoms with Crippen LogP contribution in [0.15, 0.2) is 42.6 Å². The molecule has 1 aliphatic heterocycles. The van der Waals surface area contributed by atoms with Crippen LogP contribution in [0.5, 0.6) is 11.6 Å². The molecule has 0 saturated carbocycles. The van der Waals surface area contributed by atoms with Crippen LogP contribution in [0.2, 0.25) is 0 Å². The van der Waals surface area contributed by atoms with Crippen molar-refractivity contribution in [1.29, 1.82) is 0 Å². The molecule has 0 saturated heterocycles. The number of aromatic nitrogens is 2. The number of hydrogen-bond donors (Lipinski definition) is 1. The fourth-order valence-corrected chi connectivity index (χ4v) is 3.18. The van der Waals surface area contributed by atoms with E-state index in [9.17, 15) is 8.78 Å². The first kappa shape index (κ1) is 21.9. The van der Waals surface area contributed by atoms with E-state index in [2.05, 4.69) is 15.3 Å². The van der Waals surface area contributed by atoms with Gasteiger partial charge in [-0.05, 0) is 36.8 Å². The second kappa shape index (κ2) is 10.3. The van der Waals surface area contributed by atoms with Gasteiger partial charge in [0.15, 0.2) is 0 Å². The summed E-state index contributed by atoms with van der Waals surface area (Å²) in [6.45, 7) is 3.53. The van der Waals surface area contributed by atoms with Gasteiger partial charge in [-0.25, -0.2) is 13.8 Å². The maximum absolute atomic E-state index is 14.6. The van der Waals surface area contributed by atoms with Crippen LogP contribution < -0.4 is 14.8 Å². The summed E-state index contributed by atoms with van der Waals surface area (Å²) in [6.07, 6.45) is 1.62. The molecule has 0 fully saturated rings. The maximum atomic E-state index is 14.6. The van der Waals surface area contributed by atoms with E-state index < -0.39 is 11.6 Å². The molecule has 0 unspecified atom stereocenters. The summed E-state index contributed by atoms with van der Waals surface area (Å²) in [6, 6.07) is 9.10. The minimum absolute atomic E-state index is 0.179. The third kappa shape index (κ3) is 5.49. The molecule has 1 aliphatic rings. The van der Waals surface area contributed by atoms with Crippen LogP contribution in [0, 0.1) is 11.6 Å². The Labute approximate surface area is 184 Å². The van der Waals surface area contributed by atoms with Gasteiger partial charge in [0, 0.05) is 36.3 Å². The highest BCUT2D eigenvalue weighted by atomic mass is 19.1. The van der Waals surface area contributed by atoms with E-state index in [0.29, 0.717) is 49.3 Å². The Morgan fingerprint density at radius 2 is 1.88 bits per heavy atom. The van der Waals surface area contributed by atoms with Gasteiger partial charge in [-0.3, -0.25) is 0 Å². The molecule has 0 amide bonds. The molecule has 4 rings (SSSR count). The standard InChI is InChI=1S/C23H23F2N3O4/c1-2-29-14-30-13-15-8-22-27-21-11-18(19(25)12-26-21)17-5-4-16(24)10-20(17)31-6-3-7-32-23(9-15)28-22/h4-5,8-12H,2-3,6-7,13-14H2,1H3,(H,26,27,28). The zero-order valence-corrected chi connectivity index (χ0v) is 17.6. The van der Waals surface area contributed by atoms with Crippen molar-refractivity contribution < 1.29 is 27.7 Å². The lowest BCUT2D eigenvalue weighted by molar-refractivity contribution is -0.0572. The Hall–Kier alpha value is -3.30. The average Bonchev–Trinajstić information content (AvgIpc) is 2.78. The smallest absolute Gasteiger partial charge is 0.215 e. The molecular formula is C23H23F2N3O4. The molecule has 168 valence electrons. The number of rotatable bonds is 5. The zero-order chi connectivity index (χ0) is 22.3. The normalized spacial score (nSPS) is 13.2. The van der Waals surface area contributed by atoms with E-state index >= 15 is 0 Å². The highest BCUT2D eigenvalue weighted by molar-refractivity contribution is 5.74. The van der Waals surface area contributed by atoms with Gasteiger partial charge in [0.2, 0.25) is 5.88 Å². The number of nitrogens with zero attached hydrogens (tertiary/aromatic N) is 2. The molecule has 2 aromatic heterocycles. The van der Waals surface area contributed by atoms with Crippen LogP contribution in [-0.2, 0) is 16.1 Å². The minimum Gasteiger partial charge on any atom is -0.493 e. The van der Waals surface area contributed by atoms with E-state index in [1.54, 1.807) is 12.1 Å². The van der Waals surface area contributed by atoms with Gasteiger partial charge in [-0.1, -0.05) is 0 Å². The number of halogens is 2. The predicted molar refractivity (Wildman–Crippen MR) is 114 cm³/mol. The van der Waals surface area contributed by atoms with Crippen LogP contribution in [0.25, 0.3) is 11.1 Å². The van der Waals surface area contributed by atoms with E-state index in [0.717, 1.165) is 11.8 Å². The molecule has 3 aromatic rings. The second-order valence-electron chi connectivity index (χ2n) is 7.02. The van der Waals surface area contributed by atoms with Crippen molar-refractivity contribution in [3.8, 4) is 22.8 Å². The first-order valence-corrected chi connectivity index (χ1v) is 10.3. The number of nitrogens with one attached hydrogen (secondary N) is 1. The average molecular weight is 443 g/mol. The van der Waals surface area contributed by atoms with E-state index in [1.807, 2.05) is 6.92 Å². The lowest BCUT2D eigenvalue weighted by Crippen LogP contribution is -2.09. The molecule has 7 nitrogen and oxygen atoms in total. The lowest BCUT2D eigenvalue weighted by atomic mass is 10.0. The first-order valence-electron chi connectivity index (χ1n) is 10.3. The summed E-state index contributed by atoms with van der Waals surface area (Å²) in [5, 5.41) is 3.08. The fraction of sp³-hybridized carbons (Fsp3) is 0.304. The first-order chi connectivity index (χ1) is 15.6. The molecule has 0 atom stereocenters. The molecule has 0 spiro atoms. The molecule has 32 heavy (non-hydrogen) atoms. The van der Waals surface area contributed by atoms with Crippen LogP contribution in [-0.4, -0.2) is 36.6 Å². The monoisotopic (exact) mass is 443 g/mol. The van der Waals surface area contributed by atoms with Crippen molar-refractivity contribution in [2.45, 2.75) is 20.0 Å². The Kier molecular flexibility index (Phi) is 7.08. The van der Waals surface area contributed by atoms with E-state index in [4.69, 9.17) is 18.9 Å². The number of benzene rings is 1. The lowest BCUT2D eigenvalue weighted by Gasteiger charge is -2.16. The van der Waals surface area contributed by atoms with Crippen LogP contribution >= 0.6 is 0 Å². The van der Waals surface area contributed by atoms with Crippen LogP contribution in [0.4, 0.5) is 20.4 Å². The molecule has 4 bridgehead atoms. The molecule has 3 heterocycles. The zero-order valence-electron chi connectivity index (χ0n) is 17.6. The molecule has 0 radical (unpaired) electrons. The van der Waals surface area contributed by atoms with Gasteiger partial charge < -0.3 is 24.3 Å². The van der Waals surface area contributed by atoms with Crippen molar-refractivity contribution in [2.24, 2.45) is 0 Å². The SMILES string of the molecule is CCOCOCc1cc2nc(c1)OCCCOc1cc(F)ccc1-c1cc(ncc1F)N2. The number of ether oxygens (including phenoxy) is 4. The molecule has 0 aliphatic carbocycles. The highest BCUT2D eigenvalue weighted by Gasteiger charge is 2.15. The molecule has 1 aromatic carbocycles. The quantitative estimate of drug-likeness (QED) is 0.447. The summed E-state index contributed by atoms with van der Waals surface area (Å²) in [4.78, 5) is 8.56. The fourth-order valence-electron chi connectivity index (χ4n) is 3.18. The van der Waals surface area contributed by atoms with Crippen LogP contribution in [0.1, 0.15) is 18.9 Å². The van der Waals surface area contributed by atoms with Crippen molar-refractivity contribution in [3.05, 3.63) is 59.8 Å². The van der Waals surface area contributed by atoms with Gasteiger partial charge in [-0.15, -0.1) is 0 Å². The topological polar surface area (TPSA) is 74.7 Å². The Morgan fingerprint density at radius 3 is 2.75 bits per heavy atom. The number of hydrogen-bond acceptors (Lipinski definition) is 7. The van der Waals surface area contributed by atoms with Crippen molar-refractivity contribution in [1.82, 2.24) is 9.97 Å². The van der Waals surface area contributed by atoms with Gasteiger partial charge in [-0.2, -0.15) is 4.98 Å². The predicted octanol–water partition coefficient (Wildman–Crippen LogP) is 4.84. The van der Waals surface area contributed by atoms with Gasteiger partial charge in [0.25, 0.3) is 0 Å². The summed E-state index contributed by atoms with van der Waals surface area (Å²) in [7, 11) is 0. The van der Waals surface area contributed by atoms with Crippen molar-refractivity contribution in [3.63, 3.8) is 0 Å². The summed E-state index contributed by atoms with van der Waals surface area (Å²) < 4.78 is 50.7. The molecule has 9 heteroatoms. The van der Waals surface area contributed by atoms with Crippen molar-refractivity contribution >= 4 is 11.6 Å². The maximum Gasteiger partial charge on any atom is 0.215 e. The Balaban J connectivity index is 1.68. The molecule has 1 N–H and O–H groups in total. The van der Waals surface area contributed by atoms with Gasteiger partial charge in [0.05, 0.1) is 26.0 Å². The Morgan fingerprint density at radius 1 is 1.00 bits per heavy atom. The third-order valence-corrected chi connectivity index (χ3v) is 4.64. The van der Waals surface area contributed by atoms with E-state index in [1.165, 1.54) is 24.3 Å². The summed E-state index contributed by atoms with van der Waals surface area (Å²) in [5.74, 6) is 0.468. The van der Waals surface area contributed by atoms with Gasteiger partial charge in [0.1, 0.15) is 35.8 Å². The minimum atomic E-state index is -0.547. The largest absolute Gasteiger partial charge is 0.493 e. The summed E-state index contributed by atoms with van der Waals surface area (Å²) in [5.41, 5.74) is 1.49. The number of anilines is 2.